The predicted octanol–water partition coefficient (Wildman–Crippen LogP) is 0.230. The van der Waals surface area contributed by atoms with E-state index in [4.69, 9.17) is 10.00 Å². The highest BCUT2D eigenvalue weighted by atomic mass is 16.6. The Labute approximate surface area is 76.5 Å². The van der Waals surface area contributed by atoms with Crippen LogP contribution < -0.4 is 0 Å². The Kier molecular flexibility index (Phi) is 7.54. The van der Waals surface area contributed by atoms with Crippen molar-refractivity contribution in [3.05, 3.63) is 12.7 Å². The summed E-state index contributed by atoms with van der Waals surface area (Å²) in [5.74, 6) is -0.475. The van der Waals surface area contributed by atoms with Crippen LogP contribution in [0.15, 0.2) is 12.7 Å². The summed E-state index contributed by atoms with van der Waals surface area (Å²) in [6, 6.07) is 0. The standard InChI is InChI=1S/C8H11NO4/c1-2-8(10)13-6-5-11-3-4-12-7-9/h2H,1,3-6H2. The number of esters is 1. The first-order valence-corrected chi connectivity index (χ1v) is 3.69. The van der Waals surface area contributed by atoms with Gasteiger partial charge < -0.3 is 14.2 Å². The highest BCUT2D eigenvalue weighted by molar-refractivity contribution is 5.81. The summed E-state index contributed by atoms with van der Waals surface area (Å²) in [5.41, 5.74) is 0. The van der Waals surface area contributed by atoms with Crippen molar-refractivity contribution in [2.24, 2.45) is 0 Å². The van der Waals surface area contributed by atoms with Gasteiger partial charge in [0.15, 0.2) is 0 Å². The van der Waals surface area contributed by atoms with Gasteiger partial charge in [0, 0.05) is 6.08 Å². The van der Waals surface area contributed by atoms with E-state index in [9.17, 15) is 4.79 Å². The van der Waals surface area contributed by atoms with Gasteiger partial charge >= 0.3 is 5.97 Å². The Balaban J connectivity index is 3.04. The molecule has 0 aliphatic heterocycles. The number of carbonyl (C=O) groups is 1. The first-order valence-electron chi connectivity index (χ1n) is 3.69. The van der Waals surface area contributed by atoms with Crippen molar-refractivity contribution in [2.45, 2.75) is 0 Å². The molecule has 0 aromatic rings. The maximum atomic E-state index is 10.5. The summed E-state index contributed by atoms with van der Waals surface area (Å²) in [5, 5.41) is 7.97. The number of hydrogen-bond acceptors (Lipinski definition) is 5. The quantitative estimate of drug-likeness (QED) is 0.246. The van der Waals surface area contributed by atoms with E-state index in [-0.39, 0.29) is 19.8 Å². The Hall–Kier alpha value is -1.54. The van der Waals surface area contributed by atoms with Gasteiger partial charge in [-0.2, -0.15) is 5.26 Å². The highest BCUT2D eigenvalue weighted by Gasteiger charge is 1.94. The lowest BCUT2D eigenvalue weighted by Gasteiger charge is -2.02. The minimum Gasteiger partial charge on any atom is -0.460 e. The second kappa shape index (κ2) is 8.56. The monoisotopic (exact) mass is 185 g/mol. The van der Waals surface area contributed by atoms with Crippen LogP contribution >= 0.6 is 0 Å². The van der Waals surface area contributed by atoms with Crippen molar-refractivity contribution in [1.29, 1.82) is 5.26 Å². The van der Waals surface area contributed by atoms with E-state index in [2.05, 4.69) is 16.1 Å². The average Bonchev–Trinajstić information content (AvgIpc) is 2.16. The Morgan fingerprint density at radius 1 is 1.38 bits per heavy atom. The van der Waals surface area contributed by atoms with Crippen molar-refractivity contribution in [3.8, 4) is 6.26 Å². The molecular formula is C8H11NO4. The Morgan fingerprint density at radius 3 is 2.69 bits per heavy atom. The van der Waals surface area contributed by atoms with E-state index < -0.39 is 5.97 Å². The number of nitrogens with zero attached hydrogens (tertiary/aromatic N) is 1. The van der Waals surface area contributed by atoms with Gasteiger partial charge in [0.1, 0.15) is 13.2 Å². The van der Waals surface area contributed by atoms with E-state index in [0.717, 1.165) is 6.08 Å². The number of ether oxygens (including phenoxy) is 3. The SMILES string of the molecule is C=CC(=O)OCCOCCOC#N. The zero-order chi connectivity index (χ0) is 9.94. The third kappa shape index (κ3) is 8.37. The molecule has 0 saturated heterocycles. The lowest BCUT2D eigenvalue weighted by Crippen LogP contribution is -2.10. The zero-order valence-electron chi connectivity index (χ0n) is 7.19. The van der Waals surface area contributed by atoms with Gasteiger partial charge in [0.2, 0.25) is 0 Å². The molecule has 0 atom stereocenters. The zero-order valence-corrected chi connectivity index (χ0v) is 7.19. The lowest BCUT2D eigenvalue weighted by molar-refractivity contribution is -0.139. The smallest absolute Gasteiger partial charge is 0.330 e. The number of hydrogen-bond donors (Lipinski definition) is 0. The molecule has 13 heavy (non-hydrogen) atoms. The molecule has 0 unspecified atom stereocenters. The van der Waals surface area contributed by atoms with Crippen LogP contribution in [0.2, 0.25) is 0 Å². The minimum absolute atomic E-state index is 0.178. The fourth-order valence-electron chi connectivity index (χ4n) is 0.508. The minimum atomic E-state index is -0.475. The molecule has 5 nitrogen and oxygen atoms in total. The molecule has 72 valence electrons. The van der Waals surface area contributed by atoms with Crippen LogP contribution in [-0.4, -0.2) is 32.4 Å². The normalized spacial score (nSPS) is 8.54. The molecule has 0 aromatic carbocycles. The van der Waals surface area contributed by atoms with Crippen LogP contribution in [0.4, 0.5) is 0 Å². The maximum Gasteiger partial charge on any atom is 0.330 e. The van der Waals surface area contributed by atoms with E-state index >= 15 is 0 Å². The number of rotatable bonds is 7. The Morgan fingerprint density at radius 2 is 2.08 bits per heavy atom. The molecule has 0 bridgehead atoms. The molecule has 0 aromatic heterocycles. The lowest BCUT2D eigenvalue weighted by atomic mass is 10.6. The van der Waals surface area contributed by atoms with Crippen molar-refractivity contribution in [1.82, 2.24) is 0 Å². The summed E-state index contributed by atoms with van der Waals surface area (Å²) < 4.78 is 13.9. The molecule has 0 radical (unpaired) electrons. The first kappa shape index (κ1) is 11.5. The van der Waals surface area contributed by atoms with Gasteiger partial charge in [-0.3, -0.25) is 0 Å². The van der Waals surface area contributed by atoms with E-state index in [1.165, 1.54) is 6.26 Å². The predicted molar refractivity (Wildman–Crippen MR) is 43.5 cm³/mol. The van der Waals surface area contributed by atoms with Gasteiger partial charge in [0.25, 0.3) is 6.26 Å². The summed E-state index contributed by atoms with van der Waals surface area (Å²) in [7, 11) is 0. The van der Waals surface area contributed by atoms with Gasteiger partial charge in [-0.15, -0.1) is 0 Å². The first-order chi connectivity index (χ1) is 6.31. The van der Waals surface area contributed by atoms with Crippen LogP contribution in [-0.2, 0) is 19.0 Å². The molecular weight excluding hydrogens is 174 g/mol. The van der Waals surface area contributed by atoms with Crippen LogP contribution in [0, 0.1) is 11.5 Å². The van der Waals surface area contributed by atoms with Crippen molar-refractivity contribution < 1.29 is 19.0 Å². The molecule has 0 rings (SSSR count). The highest BCUT2D eigenvalue weighted by Crippen LogP contribution is 1.81. The van der Waals surface area contributed by atoms with Gasteiger partial charge in [-0.25, -0.2) is 4.79 Å². The second-order valence-corrected chi connectivity index (χ2v) is 1.92. The molecule has 0 saturated carbocycles. The maximum absolute atomic E-state index is 10.5. The largest absolute Gasteiger partial charge is 0.460 e. The molecule has 0 spiro atoms. The van der Waals surface area contributed by atoms with Crippen LogP contribution in [0.25, 0.3) is 0 Å². The number of nitriles is 1. The second-order valence-electron chi connectivity index (χ2n) is 1.92. The summed E-state index contributed by atoms with van der Waals surface area (Å²) in [6.45, 7) is 4.21. The summed E-state index contributed by atoms with van der Waals surface area (Å²) in [4.78, 5) is 10.5. The fourth-order valence-corrected chi connectivity index (χ4v) is 0.508. The van der Waals surface area contributed by atoms with Crippen LogP contribution in [0.3, 0.4) is 0 Å². The summed E-state index contributed by atoms with van der Waals surface area (Å²) >= 11 is 0. The van der Waals surface area contributed by atoms with Crippen LogP contribution in [0.5, 0.6) is 0 Å². The third-order valence-corrected chi connectivity index (χ3v) is 1.03. The van der Waals surface area contributed by atoms with Crippen molar-refractivity contribution in [2.75, 3.05) is 26.4 Å². The molecule has 0 N–H and O–H groups in total. The average molecular weight is 185 g/mol. The van der Waals surface area contributed by atoms with Crippen molar-refractivity contribution in [3.63, 3.8) is 0 Å². The molecule has 0 amide bonds. The van der Waals surface area contributed by atoms with E-state index in [0.29, 0.717) is 6.61 Å². The molecule has 0 aliphatic rings. The molecule has 0 fully saturated rings. The van der Waals surface area contributed by atoms with Crippen molar-refractivity contribution >= 4 is 5.97 Å². The third-order valence-electron chi connectivity index (χ3n) is 1.03. The fraction of sp³-hybridized carbons (Fsp3) is 0.500. The topological polar surface area (TPSA) is 68.6 Å². The van der Waals surface area contributed by atoms with Crippen LogP contribution in [0.1, 0.15) is 0 Å². The van der Waals surface area contributed by atoms with Gasteiger partial charge in [-0.05, 0) is 0 Å². The Bertz CT molecular complexity index is 197. The van der Waals surface area contributed by atoms with E-state index in [1.54, 1.807) is 0 Å². The van der Waals surface area contributed by atoms with Gasteiger partial charge in [-0.1, -0.05) is 6.58 Å². The molecule has 0 heterocycles. The number of carbonyl (C=O) groups excluding carboxylic acids is 1. The summed E-state index contributed by atoms with van der Waals surface area (Å²) in [6.07, 6.45) is 2.59. The van der Waals surface area contributed by atoms with Gasteiger partial charge in [0.05, 0.1) is 13.2 Å². The van der Waals surface area contributed by atoms with E-state index in [1.807, 2.05) is 0 Å². The molecule has 5 heteroatoms. The molecule has 0 aliphatic carbocycles.